The molecule has 19 heavy (non-hydrogen) atoms. The molecule has 2 unspecified atom stereocenters. The first-order valence-electron chi connectivity index (χ1n) is 7.52. The minimum absolute atomic E-state index is 0.197. The van der Waals surface area contributed by atoms with Crippen LogP contribution >= 0.6 is 0 Å². The van der Waals surface area contributed by atoms with E-state index < -0.39 is 0 Å². The molecule has 1 saturated heterocycles. The molecule has 0 bridgehead atoms. The molecule has 0 aromatic carbocycles. The molecule has 3 heteroatoms. The number of hydrogen-bond acceptors (Lipinski definition) is 2. The summed E-state index contributed by atoms with van der Waals surface area (Å²) in [7, 11) is 0. The number of fused-ring (bicyclic) bond motifs is 1. The van der Waals surface area contributed by atoms with Crippen LogP contribution in [0.2, 0.25) is 0 Å². The molecule has 2 atom stereocenters. The van der Waals surface area contributed by atoms with Gasteiger partial charge in [-0.05, 0) is 49.7 Å². The smallest absolute Gasteiger partial charge is 0.0673 e. The average Bonchev–Trinajstić information content (AvgIpc) is 2.65. The van der Waals surface area contributed by atoms with Crippen molar-refractivity contribution >= 4 is 0 Å². The zero-order valence-electron chi connectivity index (χ0n) is 12.4. The Balaban J connectivity index is 2.01. The third kappa shape index (κ3) is 2.34. The Labute approximate surface area is 116 Å². The van der Waals surface area contributed by atoms with Crippen LogP contribution in [0.25, 0.3) is 0 Å². The fourth-order valence-electron chi connectivity index (χ4n) is 3.90. The third-order valence-electron chi connectivity index (χ3n) is 4.69. The summed E-state index contributed by atoms with van der Waals surface area (Å²) in [5, 5.41) is 0. The lowest BCUT2D eigenvalue weighted by Gasteiger charge is -2.36. The van der Waals surface area contributed by atoms with Crippen LogP contribution in [0.1, 0.15) is 62.1 Å². The lowest BCUT2D eigenvalue weighted by atomic mass is 9.74. The van der Waals surface area contributed by atoms with Crippen molar-refractivity contribution in [2.45, 2.75) is 58.5 Å². The summed E-state index contributed by atoms with van der Waals surface area (Å²) in [6.45, 7) is 8.66. The fraction of sp³-hybridized carbons (Fsp3) is 0.750. The van der Waals surface area contributed by atoms with Gasteiger partial charge in [-0.2, -0.15) is 0 Å². The van der Waals surface area contributed by atoms with Crippen LogP contribution < -0.4 is 5.73 Å². The SMILES string of the molecule is Cc1cc2c(n1C1CCCOC1)CC(C)(C)CC2N. The van der Waals surface area contributed by atoms with Crippen molar-refractivity contribution in [2.24, 2.45) is 11.1 Å². The molecule has 1 aliphatic carbocycles. The lowest BCUT2D eigenvalue weighted by molar-refractivity contribution is 0.0568. The second kappa shape index (κ2) is 4.64. The van der Waals surface area contributed by atoms with Gasteiger partial charge in [0.25, 0.3) is 0 Å². The summed E-state index contributed by atoms with van der Waals surface area (Å²) >= 11 is 0. The van der Waals surface area contributed by atoms with Crippen LogP contribution in [0.3, 0.4) is 0 Å². The first kappa shape index (κ1) is 13.2. The normalized spacial score (nSPS) is 30.1. The molecule has 0 spiro atoms. The van der Waals surface area contributed by atoms with Crippen molar-refractivity contribution in [3.05, 3.63) is 23.0 Å². The number of rotatable bonds is 1. The monoisotopic (exact) mass is 262 g/mol. The summed E-state index contributed by atoms with van der Waals surface area (Å²) in [5.41, 5.74) is 10.9. The largest absolute Gasteiger partial charge is 0.379 e. The van der Waals surface area contributed by atoms with Crippen LogP contribution in [-0.4, -0.2) is 17.8 Å². The molecule has 2 aliphatic rings. The highest BCUT2D eigenvalue weighted by molar-refractivity contribution is 5.34. The van der Waals surface area contributed by atoms with Gasteiger partial charge in [-0.1, -0.05) is 13.8 Å². The van der Waals surface area contributed by atoms with Gasteiger partial charge >= 0.3 is 0 Å². The maximum absolute atomic E-state index is 6.39. The van der Waals surface area contributed by atoms with Crippen molar-refractivity contribution in [1.29, 1.82) is 0 Å². The van der Waals surface area contributed by atoms with E-state index in [-0.39, 0.29) is 6.04 Å². The van der Waals surface area contributed by atoms with Crippen LogP contribution in [-0.2, 0) is 11.2 Å². The molecule has 0 radical (unpaired) electrons. The molecule has 1 aromatic rings. The van der Waals surface area contributed by atoms with Crippen molar-refractivity contribution in [2.75, 3.05) is 13.2 Å². The molecule has 1 aliphatic heterocycles. The van der Waals surface area contributed by atoms with Gasteiger partial charge in [0, 0.05) is 24.0 Å². The third-order valence-corrected chi connectivity index (χ3v) is 4.69. The second-order valence-corrected chi connectivity index (χ2v) is 7.08. The Hall–Kier alpha value is -0.800. The highest BCUT2D eigenvalue weighted by atomic mass is 16.5. The van der Waals surface area contributed by atoms with E-state index in [1.807, 2.05) is 0 Å². The summed E-state index contributed by atoms with van der Waals surface area (Å²) in [5.74, 6) is 0. The maximum atomic E-state index is 6.39. The molecule has 1 aromatic heterocycles. The van der Waals surface area contributed by atoms with Crippen LogP contribution in [0, 0.1) is 12.3 Å². The molecular weight excluding hydrogens is 236 g/mol. The van der Waals surface area contributed by atoms with Crippen LogP contribution in [0.5, 0.6) is 0 Å². The van der Waals surface area contributed by atoms with E-state index in [4.69, 9.17) is 10.5 Å². The first-order valence-corrected chi connectivity index (χ1v) is 7.52. The Kier molecular flexibility index (Phi) is 3.22. The van der Waals surface area contributed by atoms with E-state index in [0.717, 1.165) is 26.1 Å². The van der Waals surface area contributed by atoms with Crippen molar-refractivity contribution in [1.82, 2.24) is 4.57 Å². The predicted molar refractivity (Wildman–Crippen MR) is 77.3 cm³/mol. The zero-order chi connectivity index (χ0) is 13.6. The maximum Gasteiger partial charge on any atom is 0.0673 e. The Bertz CT molecular complexity index is 469. The van der Waals surface area contributed by atoms with Gasteiger partial charge in [0.2, 0.25) is 0 Å². The highest BCUT2D eigenvalue weighted by Crippen LogP contribution is 2.42. The molecule has 3 nitrogen and oxygen atoms in total. The molecule has 1 fully saturated rings. The Morgan fingerprint density at radius 3 is 2.89 bits per heavy atom. The Morgan fingerprint density at radius 1 is 1.42 bits per heavy atom. The van der Waals surface area contributed by atoms with E-state index in [9.17, 15) is 0 Å². The fourth-order valence-corrected chi connectivity index (χ4v) is 3.90. The minimum Gasteiger partial charge on any atom is -0.379 e. The molecule has 0 amide bonds. The van der Waals surface area contributed by atoms with Gasteiger partial charge in [-0.15, -0.1) is 0 Å². The molecule has 106 valence electrons. The van der Waals surface area contributed by atoms with E-state index in [1.165, 1.54) is 29.8 Å². The molecule has 2 N–H and O–H groups in total. The van der Waals surface area contributed by atoms with Gasteiger partial charge in [0.1, 0.15) is 0 Å². The second-order valence-electron chi connectivity index (χ2n) is 7.08. The average molecular weight is 262 g/mol. The van der Waals surface area contributed by atoms with Gasteiger partial charge in [0.15, 0.2) is 0 Å². The van der Waals surface area contributed by atoms with Crippen molar-refractivity contribution in [3.8, 4) is 0 Å². The highest BCUT2D eigenvalue weighted by Gasteiger charge is 2.34. The number of hydrogen-bond donors (Lipinski definition) is 1. The first-order chi connectivity index (χ1) is 8.98. The number of nitrogens with zero attached hydrogens (tertiary/aromatic N) is 1. The summed E-state index contributed by atoms with van der Waals surface area (Å²) in [6.07, 6.45) is 4.63. The van der Waals surface area contributed by atoms with Crippen LogP contribution in [0.4, 0.5) is 0 Å². The summed E-state index contributed by atoms with van der Waals surface area (Å²) in [6, 6.07) is 3.02. The number of nitrogens with two attached hydrogens (primary N) is 1. The number of ether oxygens (including phenoxy) is 1. The van der Waals surface area contributed by atoms with E-state index >= 15 is 0 Å². The predicted octanol–water partition coefficient (Wildman–Crippen LogP) is 3.12. The van der Waals surface area contributed by atoms with Gasteiger partial charge in [0.05, 0.1) is 12.6 Å². The van der Waals surface area contributed by atoms with Gasteiger partial charge in [-0.3, -0.25) is 0 Å². The number of aryl methyl sites for hydroxylation is 1. The van der Waals surface area contributed by atoms with Crippen molar-refractivity contribution in [3.63, 3.8) is 0 Å². The van der Waals surface area contributed by atoms with E-state index in [1.54, 1.807) is 0 Å². The quantitative estimate of drug-likeness (QED) is 0.844. The van der Waals surface area contributed by atoms with Crippen LogP contribution in [0.15, 0.2) is 6.07 Å². The van der Waals surface area contributed by atoms with E-state index in [2.05, 4.69) is 31.4 Å². The summed E-state index contributed by atoms with van der Waals surface area (Å²) < 4.78 is 8.20. The molecule has 0 saturated carbocycles. The van der Waals surface area contributed by atoms with Crippen molar-refractivity contribution < 1.29 is 4.74 Å². The van der Waals surface area contributed by atoms with E-state index in [0.29, 0.717) is 11.5 Å². The minimum atomic E-state index is 0.197. The van der Waals surface area contributed by atoms with Gasteiger partial charge in [-0.25, -0.2) is 0 Å². The summed E-state index contributed by atoms with van der Waals surface area (Å²) in [4.78, 5) is 0. The molecular formula is C16H26N2O. The lowest BCUT2D eigenvalue weighted by Crippen LogP contribution is -2.32. The molecule has 2 heterocycles. The Morgan fingerprint density at radius 2 is 2.21 bits per heavy atom. The number of aromatic nitrogens is 1. The molecule has 3 rings (SSSR count). The zero-order valence-corrected chi connectivity index (χ0v) is 12.4. The topological polar surface area (TPSA) is 40.2 Å². The van der Waals surface area contributed by atoms with Gasteiger partial charge < -0.3 is 15.0 Å². The standard InChI is InChI=1S/C16H26N2O/c1-11-7-13-14(17)8-16(2,3)9-15(13)18(11)12-5-4-6-19-10-12/h7,12,14H,4-6,8-10,17H2,1-3H3.